The van der Waals surface area contributed by atoms with Gasteiger partial charge in [-0.1, -0.05) is 26.7 Å². The summed E-state index contributed by atoms with van der Waals surface area (Å²) >= 11 is 0. The molecule has 0 aromatic carbocycles. The quantitative estimate of drug-likeness (QED) is 0.641. The Morgan fingerprint density at radius 2 is 1.62 bits per heavy atom. The van der Waals surface area contributed by atoms with Gasteiger partial charge in [-0.05, 0) is 26.7 Å². The van der Waals surface area contributed by atoms with Gasteiger partial charge < -0.3 is 10.4 Å². The number of hydrogen-bond acceptors (Lipinski definition) is 2. The Bertz CT molecular complexity index is 112. The van der Waals surface area contributed by atoms with Gasteiger partial charge in [0.05, 0.1) is 5.60 Å². The van der Waals surface area contributed by atoms with Gasteiger partial charge in [0.15, 0.2) is 0 Å². The summed E-state index contributed by atoms with van der Waals surface area (Å²) in [4.78, 5) is 0. The molecule has 0 aromatic heterocycles. The zero-order valence-electron chi connectivity index (χ0n) is 9.56. The molecule has 0 aliphatic rings. The molecule has 0 bridgehead atoms. The summed E-state index contributed by atoms with van der Waals surface area (Å²) < 4.78 is 0. The second kappa shape index (κ2) is 6.39. The van der Waals surface area contributed by atoms with Crippen molar-refractivity contribution in [1.82, 2.24) is 5.32 Å². The van der Waals surface area contributed by atoms with Crippen molar-refractivity contribution in [2.45, 2.75) is 65.0 Å². The van der Waals surface area contributed by atoms with E-state index in [1.54, 1.807) is 0 Å². The molecule has 0 spiro atoms. The normalized spacial score (nSPS) is 12.5. The summed E-state index contributed by atoms with van der Waals surface area (Å²) in [5.74, 6) is 0. The van der Waals surface area contributed by atoms with E-state index in [0.717, 1.165) is 0 Å². The molecule has 80 valence electrons. The summed E-state index contributed by atoms with van der Waals surface area (Å²) in [6.45, 7) is 8.78. The molecule has 0 aromatic rings. The zero-order valence-corrected chi connectivity index (χ0v) is 9.56. The maximum absolute atomic E-state index is 9.54. The van der Waals surface area contributed by atoms with Crippen molar-refractivity contribution in [3.63, 3.8) is 0 Å². The molecule has 0 aliphatic heterocycles. The molecule has 0 atom stereocenters. The molecule has 2 N–H and O–H groups in total. The highest BCUT2D eigenvalue weighted by Gasteiger charge is 2.14. The van der Waals surface area contributed by atoms with Gasteiger partial charge in [-0.15, -0.1) is 0 Å². The van der Waals surface area contributed by atoms with Crippen molar-refractivity contribution in [1.29, 1.82) is 0 Å². The molecule has 0 amide bonds. The first kappa shape index (κ1) is 12.9. The monoisotopic (exact) mass is 187 g/mol. The van der Waals surface area contributed by atoms with Crippen LogP contribution in [0.15, 0.2) is 0 Å². The van der Waals surface area contributed by atoms with E-state index in [9.17, 15) is 5.11 Å². The van der Waals surface area contributed by atoms with E-state index < -0.39 is 5.60 Å². The zero-order chi connectivity index (χ0) is 10.3. The van der Waals surface area contributed by atoms with Crippen LogP contribution in [0.5, 0.6) is 0 Å². The Morgan fingerprint density at radius 3 is 1.92 bits per heavy atom. The third kappa shape index (κ3) is 8.26. The maximum atomic E-state index is 9.54. The van der Waals surface area contributed by atoms with Crippen LogP contribution in [-0.4, -0.2) is 23.3 Å². The van der Waals surface area contributed by atoms with Crippen LogP contribution >= 0.6 is 0 Å². The molecular formula is C11H25NO. The van der Waals surface area contributed by atoms with E-state index in [1.807, 2.05) is 13.8 Å². The van der Waals surface area contributed by atoms with Crippen molar-refractivity contribution in [3.8, 4) is 0 Å². The largest absolute Gasteiger partial charge is 0.389 e. The fourth-order valence-corrected chi connectivity index (χ4v) is 1.44. The third-order valence-corrected chi connectivity index (χ3v) is 2.10. The highest BCUT2D eigenvalue weighted by atomic mass is 16.3. The van der Waals surface area contributed by atoms with E-state index in [-0.39, 0.29) is 0 Å². The molecule has 2 nitrogen and oxygen atoms in total. The molecule has 0 aliphatic carbocycles. The second-order valence-electron chi connectivity index (χ2n) is 4.47. The molecule has 13 heavy (non-hydrogen) atoms. The average Bonchev–Trinajstić information content (AvgIpc) is 2.00. The van der Waals surface area contributed by atoms with Crippen molar-refractivity contribution in [3.05, 3.63) is 0 Å². The standard InChI is InChI=1S/C11H25NO/c1-5-7-10(8-6-2)12-9-11(3,4)13/h10,12-13H,5-9H2,1-4H3. The molecule has 0 unspecified atom stereocenters. The van der Waals surface area contributed by atoms with Gasteiger partial charge >= 0.3 is 0 Å². The molecule has 0 heterocycles. The molecular weight excluding hydrogens is 162 g/mol. The van der Waals surface area contributed by atoms with Crippen molar-refractivity contribution in [2.24, 2.45) is 0 Å². The van der Waals surface area contributed by atoms with Crippen LogP contribution in [-0.2, 0) is 0 Å². The number of rotatable bonds is 7. The van der Waals surface area contributed by atoms with E-state index in [2.05, 4.69) is 19.2 Å². The Balaban J connectivity index is 3.68. The summed E-state index contributed by atoms with van der Waals surface area (Å²) in [5.41, 5.74) is -0.584. The van der Waals surface area contributed by atoms with Crippen LogP contribution in [0, 0.1) is 0 Å². The predicted molar refractivity (Wildman–Crippen MR) is 57.9 cm³/mol. The lowest BCUT2D eigenvalue weighted by molar-refractivity contribution is 0.0755. The molecule has 0 rings (SSSR count). The second-order valence-corrected chi connectivity index (χ2v) is 4.47. The Kier molecular flexibility index (Phi) is 6.35. The van der Waals surface area contributed by atoms with Gasteiger partial charge in [0, 0.05) is 12.6 Å². The van der Waals surface area contributed by atoms with Gasteiger partial charge in [0.1, 0.15) is 0 Å². The minimum absolute atomic E-state index is 0.584. The smallest absolute Gasteiger partial charge is 0.0715 e. The van der Waals surface area contributed by atoms with Crippen LogP contribution < -0.4 is 5.32 Å². The summed E-state index contributed by atoms with van der Waals surface area (Å²) in [7, 11) is 0. The molecule has 0 fully saturated rings. The van der Waals surface area contributed by atoms with Gasteiger partial charge in [0.2, 0.25) is 0 Å². The molecule has 0 saturated heterocycles. The fraction of sp³-hybridized carbons (Fsp3) is 1.00. The van der Waals surface area contributed by atoms with Crippen LogP contribution in [0.25, 0.3) is 0 Å². The lowest BCUT2D eigenvalue weighted by Gasteiger charge is -2.23. The molecule has 0 radical (unpaired) electrons. The lowest BCUT2D eigenvalue weighted by Crippen LogP contribution is -2.40. The Hall–Kier alpha value is -0.0800. The van der Waals surface area contributed by atoms with Gasteiger partial charge in [-0.25, -0.2) is 0 Å². The van der Waals surface area contributed by atoms with Gasteiger partial charge in [-0.2, -0.15) is 0 Å². The van der Waals surface area contributed by atoms with E-state index in [0.29, 0.717) is 12.6 Å². The Labute approximate surface area is 82.7 Å². The topological polar surface area (TPSA) is 32.3 Å². The first-order valence-corrected chi connectivity index (χ1v) is 5.45. The minimum atomic E-state index is -0.584. The fourth-order valence-electron chi connectivity index (χ4n) is 1.44. The van der Waals surface area contributed by atoms with E-state index in [1.165, 1.54) is 25.7 Å². The van der Waals surface area contributed by atoms with Crippen molar-refractivity contribution >= 4 is 0 Å². The van der Waals surface area contributed by atoms with Crippen molar-refractivity contribution < 1.29 is 5.11 Å². The maximum Gasteiger partial charge on any atom is 0.0715 e. The summed E-state index contributed by atoms with van der Waals surface area (Å²) in [5, 5.41) is 13.0. The Morgan fingerprint density at radius 1 is 1.15 bits per heavy atom. The minimum Gasteiger partial charge on any atom is -0.389 e. The van der Waals surface area contributed by atoms with Gasteiger partial charge in [0.25, 0.3) is 0 Å². The first-order valence-electron chi connectivity index (χ1n) is 5.45. The van der Waals surface area contributed by atoms with Gasteiger partial charge in [-0.3, -0.25) is 0 Å². The van der Waals surface area contributed by atoms with Crippen LogP contribution in [0.4, 0.5) is 0 Å². The number of hydrogen-bond donors (Lipinski definition) is 2. The van der Waals surface area contributed by atoms with Crippen LogP contribution in [0.2, 0.25) is 0 Å². The lowest BCUT2D eigenvalue weighted by atomic mass is 10.0. The summed E-state index contributed by atoms with van der Waals surface area (Å²) in [6.07, 6.45) is 4.85. The summed E-state index contributed by atoms with van der Waals surface area (Å²) in [6, 6.07) is 0.585. The average molecular weight is 187 g/mol. The number of aliphatic hydroxyl groups is 1. The van der Waals surface area contributed by atoms with Crippen LogP contribution in [0.1, 0.15) is 53.4 Å². The van der Waals surface area contributed by atoms with E-state index in [4.69, 9.17) is 0 Å². The number of nitrogens with one attached hydrogen (secondary N) is 1. The van der Waals surface area contributed by atoms with Crippen molar-refractivity contribution in [2.75, 3.05) is 6.54 Å². The van der Waals surface area contributed by atoms with Crippen LogP contribution in [0.3, 0.4) is 0 Å². The SMILES string of the molecule is CCCC(CCC)NCC(C)(C)O. The first-order chi connectivity index (χ1) is 5.99. The van der Waals surface area contributed by atoms with E-state index >= 15 is 0 Å². The highest BCUT2D eigenvalue weighted by molar-refractivity contribution is 4.73. The predicted octanol–water partition coefficient (Wildman–Crippen LogP) is 2.32. The molecule has 2 heteroatoms. The third-order valence-electron chi connectivity index (χ3n) is 2.10. The highest BCUT2D eigenvalue weighted by Crippen LogP contribution is 2.06. The molecule has 0 saturated carbocycles.